The number of aliphatic hydroxyl groups is 1. The normalized spacial score (nSPS) is 21.3. The first-order valence-corrected chi connectivity index (χ1v) is 10.8. The van der Waals surface area contributed by atoms with Crippen LogP contribution in [0, 0.1) is 12.8 Å². The molecule has 1 atom stereocenters. The Morgan fingerprint density at radius 3 is 2.69 bits per heavy atom. The van der Waals surface area contributed by atoms with Gasteiger partial charge < -0.3 is 25.8 Å². The van der Waals surface area contributed by atoms with Crippen LogP contribution in [0.3, 0.4) is 0 Å². The summed E-state index contributed by atoms with van der Waals surface area (Å²) < 4.78 is 7.15. The van der Waals surface area contributed by atoms with E-state index in [-0.39, 0.29) is 34.8 Å². The minimum absolute atomic E-state index is 0.00943. The van der Waals surface area contributed by atoms with E-state index in [9.17, 15) is 14.7 Å². The Bertz CT molecular complexity index is 1120. The smallest absolute Gasteiger partial charge is 0.276 e. The average Bonchev–Trinajstić information content (AvgIpc) is 3.58. The zero-order valence-electron chi connectivity index (χ0n) is 18.1. The van der Waals surface area contributed by atoms with E-state index >= 15 is 0 Å². The number of ether oxygens (including phenoxy) is 1. The van der Waals surface area contributed by atoms with Crippen molar-refractivity contribution in [2.75, 3.05) is 30.8 Å². The van der Waals surface area contributed by atoms with Crippen molar-refractivity contribution in [2.45, 2.75) is 44.5 Å². The second-order valence-electron chi connectivity index (χ2n) is 8.59. The highest BCUT2D eigenvalue weighted by Gasteiger charge is 2.45. The molecule has 32 heavy (non-hydrogen) atoms. The summed E-state index contributed by atoms with van der Waals surface area (Å²) in [4.78, 5) is 34.1. The van der Waals surface area contributed by atoms with E-state index in [0.29, 0.717) is 24.2 Å². The molecule has 0 radical (unpaired) electrons. The quantitative estimate of drug-likeness (QED) is 0.453. The molecule has 1 unspecified atom stereocenters. The number of rotatable bonds is 5. The number of aryl methyl sites for hydroxylation is 1. The van der Waals surface area contributed by atoms with Crippen LogP contribution in [0.4, 0.5) is 17.3 Å². The van der Waals surface area contributed by atoms with Crippen molar-refractivity contribution in [1.82, 2.24) is 25.2 Å². The summed E-state index contributed by atoms with van der Waals surface area (Å²) in [6.07, 6.45) is 3.49. The van der Waals surface area contributed by atoms with Gasteiger partial charge in [-0.05, 0) is 57.3 Å². The number of hydrogen-bond donors (Lipinski definition) is 5. The van der Waals surface area contributed by atoms with Gasteiger partial charge in [0.05, 0.1) is 12.8 Å². The molecule has 1 saturated heterocycles. The van der Waals surface area contributed by atoms with Gasteiger partial charge in [0, 0.05) is 5.92 Å². The number of carbonyl (C=O) groups excluding carboxylic acids is 1. The van der Waals surface area contributed by atoms with Gasteiger partial charge in [-0.1, -0.05) is 0 Å². The third-order valence-electron chi connectivity index (χ3n) is 6.41. The molecule has 4 heterocycles. The molecule has 11 nitrogen and oxygen atoms in total. The molecule has 0 aromatic carbocycles. The highest BCUT2D eigenvalue weighted by Crippen LogP contribution is 2.38. The van der Waals surface area contributed by atoms with Gasteiger partial charge in [-0.15, -0.1) is 0 Å². The molecule has 3 aliphatic rings. The van der Waals surface area contributed by atoms with E-state index in [2.05, 4.69) is 31.2 Å². The van der Waals surface area contributed by atoms with Gasteiger partial charge in [0.15, 0.2) is 11.6 Å². The van der Waals surface area contributed by atoms with Crippen molar-refractivity contribution in [3.63, 3.8) is 0 Å². The maximum atomic E-state index is 13.6. The molecular weight excluding hydrogens is 414 g/mol. The highest BCUT2D eigenvalue weighted by molar-refractivity contribution is 5.95. The van der Waals surface area contributed by atoms with Crippen molar-refractivity contribution in [1.29, 1.82) is 0 Å². The van der Waals surface area contributed by atoms with Crippen molar-refractivity contribution in [3.05, 3.63) is 34.0 Å². The Kier molecular flexibility index (Phi) is 5.11. The summed E-state index contributed by atoms with van der Waals surface area (Å²) in [5.74, 6) is 0.687. The zero-order valence-corrected chi connectivity index (χ0v) is 18.1. The second kappa shape index (κ2) is 7.84. The molecule has 11 heteroatoms. The van der Waals surface area contributed by atoms with Crippen molar-refractivity contribution >= 4 is 23.2 Å². The number of nitrogens with zero attached hydrogens (tertiary/aromatic N) is 3. The number of methoxy groups -OCH3 is 1. The van der Waals surface area contributed by atoms with Gasteiger partial charge in [0.25, 0.3) is 5.56 Å². The Morgan fingerprint density at radius 1 is 1.28 bits per heavy atom. The predicted octanol–water partition coefficient (Wildman–Crippen LogP) is 0.678. The largest absolute Gasteiger partial charge is 0.490 e. The van der Waals surface area contributed by atoms with Crippen LogP contribution in [0.5, 0.6) is 5.75 Å². The lowest BCUT2D eigenvalue weighted by molar-refractivity contribution is -0.117. The van der Waals surface area contributed by atoms with Crippen LogP contribution >= 0.6 is 0 Å². The number of amides is 1. The maximum Gasteiger partial charge on any atom is 0.276 e. The number of hydrogen-bond acceptors (Lipinski definition) is 9. The molecule has 1 saturated carbocycles. The Balaban J connectivity index is 1.53. The molecule has 170 valence electrons. The Morgan fingerprint density at radius 2 is 2.00 bits per heavy atom. The summed E-state index contributed by atoms with van der Waals surface area (Å²) in [5.41, 5.74) is 0.753. The van der Waals surface area contributed by atoms with Crippen molar-refractivity contribution in [2.24, 2.45) is 5.92 Å². The van der Waals surface area contributed by atoms with E-state index in [4.69, 9.17) is 4.74 Å². The summed E-state index contributed by atoms with van der Waals surface area (Å²) in [6, 6.07) is 1.70. The predicted molar refractivity (Wildman–Crippen MR) is 117 cm³/mol. The molecule has 1 aliphatic carbocycles. The molecule has 2 aromatic heterocycles. The zero-order chi connectivity index (χ0) is 22.5. The van der Waals surface area contributed by atoms with E-state index in [0.717, 1.165) is 31.5 Å². The van der Waals surface area contributed by atoms with Crippen LogP contribution in [-0.4, -0.2) is 45.7 Å². The third kappa shape index (κ3) is 3.42. The highest BCUT2D eigenvalue weighted by atomic mass is 16.5. The van der Waals surface area contributed by atoms with E-state index < -0.39 is 11.9 Å². The number of pyridine rings is 1. The Labute approximate surface area is 184 Å². The van der Waals surface area contributed by atoms with E-state index in [1.165, 1.54) is 13.4 Å². The van der Waals surface area contributed by atoms with Crippen LogP contribution in [0.1, 0.15) is 43.2 Å². The summed E-state index contributed by atoms with van der Waals surface area (Å²) in [7, 11) is 1.46. The van der Waals surface area contributed by atoms with Gasteiger partial charge in [0.2, 0.25) is 11.7 Å². The van der Waals surface area contributed by atoms with Crippen LogP contribution in [0.25, 0.3) is 0 Å². The minimum atomic E-state index is -0.910. The van der Waals surface area contributed by atoms with Gasteiger partial charge in [-0.2, -0.15) is 0 Å². The van der Waals surface area contributed by atoms with Gasteiger partial charge >= 0.3 is 0 Å². The molecule has 2 aromatic rings. The first kappa shape index (κ1) is 20.9. The molecular formula is C21H27N7O4. The number of aromatic nitrogens is 3. The third-order valence-corrected chi connectivity index (χ3v) is 6.41. The fraction of sp³-hybridized carbons (Fsp3) is 0.524. The number of carbonyl (C=O) groups is 1. The summed E-state index contributed by atoms with van der Waals surface area (Å²) >= 11 is 0. The fourth-order valence-electron chi connectivity index (χ4n) is 4.64. The summed E-state index contributed by atoms with van der Waals surface area (Å²) in [5, 5.41) is 23.0. The van der Waals surface area contributed by atoms with Gasteiger partial charge in [0.1, 0.15) is 23.9 Å². The monoisotopic (exact) mass is 441 g/mol. The first-order chi connectivity index (χ1) is 15.4. The maximum absolute atomic E-state index is 13.6. The molecule has 1 spiro atoms. The Hall–Kier alpha value is -3.02. The number of piperidine rings is 1. The number of aliphatic hydroxyl groups excluding tert-OH is 1. The minimum Gasteiger partial charge on any atom is -0.490 e. The molecule has 5 rings (SSSR count). The van der Waals surface area contributed by atoms with E-state index in [1.807, 2.05) is 6.92 Å². The van der Waals surface area contributed by atoms with Gasteiger partial charge in [-0.3, -0.25) is 19.5 Å². The summed E-state index contributed by atoms with van der Waals surface area (Å²) in [6.45, 7) is 3.35. The van der Waals surface area contributed by atoms with Crippen LogP contribution in [-0.2, 0) is 10.5 Å². The van der Waals surface area contributed by atoms with Crippen LogP contribution in [0.15, 0.2) is 17.2 Å². The lowest BCUT2D eigenvalue weighted by atomic mass is 9.98. The van der Waals surface area contributed by atoms with Crippen LogP contribution in [0.2, 0.25) is 0 Å². The fourth-order valence-corrected chi connectivity index (χ4v) is 4.64. The molecule has 2 aliphatic heterocycles. The lowest BCUT2D eigenvalue weighted by Gasteiger charge is -2.36. The number of fused-ring (bicyclic) bond motifs is 2. The molecule has 2 fully saturated rings. The number of nitrogens with one attached hydrogen (secondary N) is 4. The topological polar surface area (TPSA) is 142 Å². The molecule has 5 N–H and O–H groups in total. The molecule has 0 bridgehead atoms. The van der Waals surface area contributed by atoms with Crippen molar-refractivity contribution in [3.8, 4) is 5.75 Å². The average molecular weight is 441 g/mol. The van der Waals surface area contributed by atoms with Crippen molar-refractivity contribution < 1.29 is 14.6 Å². The molecule has 1 amide bonds. The second-order valence-corrected chi connectivity index (χ2v) is 8.59. The SMILES string of the molecule is COc1c(NC(=O)C2CC2)ncnc1Nc1cc(C)c2n(c1=O)C1(CCNCC1)NC2O. The van der Waals surface area contributed by atoms with E-state index in [1.54, 1.807) is 10.6 Å². The lowest BCUT2D eigenvalue weighted by Crippen LogP contribution is -2.53. The van der Waals surface area contributed by atoms with Crippen LogP contribution < -0.4 is 31.6 Å². The number of anilines is 3. The standard InChI is InChI=1S/C21H27N7O4/c1-11-9-13(20(31)28-14(11)19(30)27-21(28)5-7-22-8-6-21)25-16-15(32-2)17(24-10-23-16)26-18(29)12-3-4-12/h9-10,12,19,22,27,30H,3-8H2,1-2H3,(H2,23,24,25,26,29). The first-order valence-electron chi connectivity index (χ1n) is 10.8. The van der Waals surface area contributed by atoms with Gasteiger partial charge in [-0.25, -0.2) is 9.97 Å².